The van der Waals surface area contributed by atoms with Crippen LogP contribution in [-0.2, 0) is 4.79 Å². The van der Waals surface area contributed by atoms with E-state index in [1.807, 2.05) is 0 Å². The highest BCUT2D eigenvalue weighted by Gasteiger charge is 2.44. The summed E-state index contributed by atoms with van der Waals surface area (Å²) in [7, 11) is 0. The van der Waals surface area contributed by atoms with E-state index in [-0.39, 0.29) is 31.1 Å². The maximum atomic E-state index is 12.3. The molecule has 1 heterocycles. The van der Waals surface area contributed by atoms with Crippen molar-refractivity contribution in [3.05, 3.63) is 12.7 Å². The first kappa shape index (κ1) is 13.9. The normalized spacial score (nSPS) is 29.1. The number of carbonyl (C=O) groups excluding carboxylic acids is 1. The Morgan fingerprint density at radius 3 is 2.68 bits per heavy atom. The summed E-state index contributed by atoms with van der Waals surface area (Å²) in [6.07, 6.45) is 2.95. The quantitative estimate of drug-likeness (QED) is 0.722. The minimum atomic E-state index is -1.03. The monoisotopic (exact) mass is 268 g/mol. The molecule has 0 spiro atoms. The fourth-order valence-corrected chi connectivity index (χ4v) is 3.12. The highest BCUT2D eigenvalue weighted by molar-refractivity contribution is 5.80. The van der Waals surface area contributed by atoms with Crippen molar-refractivity contribution in [3.8, 4) is 0 Å². The Hall–Kier alpha value is -1.56. The maximum Gasteiger partial charge on any atom is 0.323 e. The molecule has 1 saturated heterocycles. The first-order valence-corrected chi connectivity index (χ1v) is 6.57. The zero-order valence-electron chi connectivity index (χ0n) is 10.9. The number of urea groups is 1. The number of aliphatic hydroxyl groups is 1. The van der Waals surface area contributed by atoms with Gasteiger partial charge in [-0.2, -0.15) is 0 Å². The molecule has 0 aromatic rings. The van der Waals surface area contributed by atoms with Crippen LogP contribution in [0.3, 0.4) is 0 Å². The summed E-state index contributed by atoms with van der Waals surface area (Å²) in [6.45, 7) is 4.59. The van der Waals surface area contributed by atoms with Crippen LogP contribution in [0.5, 0.6) is 0 Å². The molecule has 106 valence electrons. The predicted molar refractivity (Wildman–Crippen MR) is 68.6 cm³/mol. The van der Waals surface area contributed by atoms with Crippen LogP contribution < -0.4 is 0 Å². The Bertz CT molecular complexity index is 385. The van der Waals surface area contributed by atoms with Crippen LogP contribution in [0.1, 0.15) is 12.8 Å². The number of nitrogens with zero attached hydrogens (tertiary/aromatic N) is 2. The van der Waals surface area contributed by atoms with E-state index in [0.29, 0.717) is 19.0 Å². The lowest BCUT2D eigenvalue weighted by Gasteiger charge is -2.26. The van der Waals surface area contributed by atoms with Crippen molar-refractivity contribution in [1.82, 2.24) is 9.80 Å². The van der Waals surface area contributed by atoms with E-state index in [1.54, 1.807) is 4.90 Å². The molecule has 0 aromatic heterocycles. The Balaban J connectivity index is 1.98. The van der Waals surface area contributed by atoms with E-state index < -0.39 is 5.97 Å². The summed E-state index contributed by atoms with van der Waals surface area (Å²) in [4.78, 5) is 26.0. The number of amides is 2. The summed E-state index contributed by atoms with van der Waals surface area (Å²) in [5.41, 5.74) is 0. The van der Waals surface area contributed by atoms with E-state index in [1.165, 1.54) is 11.0 Å². The van der Waals surface area contributed by atoms with E-state index in [4.69, 9.17) is 5.11 Å². The third-order valence-electron chi connectivity index (χ3n) is 4.04. The van der Waals surface area contributed by atoms with Crippen molar-refractivity contribution in [2.45, 2.75) is 18.9 Å². The van der Waals surface area contributed by atoms with E-state index >= 15 is 0 Å². The van der Waals surface area contributed by atoms with Gasteiger partial charge < -0.3 is 20.0 Å². The van der Waals surface area contributed by atoms with Gasteiger partial charge in [0.25, 0.3) is 0 Å². The Morgan fingerprint density at radius 1 is 1.37 bits per heavy atom. The van der Waals surface area contributed by atoms with Gasteiger partial charge in [0.05, 0.1) is 6.10 Å². The SMILES string of the molecule is C=CCN(CC(=O)O)C(=O)N1CC2CCC(O)C2C1. The average Bonchev–Trinajstić information content (AvgIpc) is 2.90. The third kappa shape index (κ3) is 2.89. The number of rotatable bonds is 4. The molecule has 2 amide bonds. The summed E-state index contributed by atoms with van der Waals surface area (Å²) in [5.74, 6) is -0.525. The van der Waals surface area contributed by atoms with Gasteiger partial charge in [0, 0.05) is 25.6 Å². The van der Waals surface area contributed by atoms with Gasteiger partial charge in [-0.3, -0.25) is 4.79 Å². The number of hydrogen-bond acceptors (Lipinski definition) is 3. The van der Waals surface area contributed by atoms with Crippen LogP contribution in [0.15, 0.2) is 12.7 Å². The van der Waals surface area contributed by atoms with Crippen molar-refractivity contribution in [3.63, 3.8) is 0 Å². The van der Waals surface area contributed by atoms with Crippen molar-refractivity contribution in [1.29, 1.82) is 0 Å². The van der Waals surface area contributed by atoms with E-state index in [9.17, 15) is 14.7 Å². The maximum absolute atomic E-state index is 12.3. The largest absolute Gasteiger partial charge is 0.480 e. The van der Waals surface area contributed by atoms with Gasteiger partial charge >= 0.3 is 12.0 Å². The second-order valence-corrected chi connectivity index (χ2v) is 5.32. The van der Waals surface area contributed by atoms with Crippen molar-refractivity contribution in [2.24, 2.45) is 11.8 Å². The molecule has 2 N–H and O–H groups in total. The molecule has 0 radical (unpaired) electrons. The van der Waals surface area contributed by atoms with Gasteiger partial charge in [-0.15, -0.1) is 6.58 Å². The fourth-order valence-electron chi connectivity index (χ4n) is 3.12. The minimum absolute atomic E-state index is 0.152. The lowest BCUT2D eigenvalue weighted by molar-refractivity contribution is -0.137. The molecule has 0 bridgehead atoms. The fraction of sp³-hybridized carbons (Fsp3) is 0.692. The Kier molecular flexibility index (Phi) is 4.09. The summed E-state index contributed by atoms with van der Waals surface area (Å²) in [6, 6.07) is -0.274. The molecule has 2 rings (SSSR count). The van der Waals surface area contributed by atoms with E-state index in [2.05, 4.69) is 6.58 Å². The van der Waals surface area contributed by atoms with Gasteiger partial charge in [-0.25, -0.2) is 4.79 Å². The van der Waals surface area contributed by atoms with Gasteiger partial charge in [-0.05, 0) is 18.8 Å². The molecule has 3 atom stereocenters. The van der Waals surface area contributed by atoms with Crippen molar-refractivity contribution < 1.29 is 19.8 Å². The Labute approximate surface area is 112 Å². The van der Waals surface area contributed by atoms with Gasteiger partial charge in [0.1, 0.15) is 6.54 Å². The van der Waals surface area contributed by atoms with Gasteiger partial charge in [0.15, 0.2) is 0 Å². The van der Waals surface area contributed by atoms with Gasteiger partial charge in [0.2, 0.25) is 0 Å². The topological polar surface area (TPSA) is 81.1 Å². The molecule has 6 nitrogen and oxygen atoms in total. The number of carboxylic acid groups (broad SMARTS) is 1. The first-order valence-electron chi connectivity index (χ1n) is 6.57. The van der Waals surface area contributed by atoms with Crippen molar-refractivity contribution in [2.75, 3.05) is 26.2 Å². The number of carboxylic acids is 1. The molecule has 1 aliphatic heterocycles. The lowest BCUT2D eigenvalue weighted by Crippen LogP contribution is -2.45. The van der Waals surface area contributed by atoms with Crippen molar-refractivity contribution >= 4 is 12.0 Å². The number of likely N-dealkylation sites (tertiary alicyclic amines) is 1. The first-order chi connectivity index (χ1) is 9.02. The smallest absolute Gasteiger partial charge is 0.323 e. The standard InChI is InChI=1S/C13H20N2O4/c1-2-5-14(8-12(17)18)13(19)15-6-9-3-4-11(16)10(9)7-15/h2,9-11,16H,1,3-8H2,(H,17,18). The lowest BCUT2D eigenvalue weighted by atomic mass is 10.00. The zero-order valence-corrected chi connectivity index (χ0v) is 10.9. The Morgan fingerprint density at radius 2 is 2.11 bits per heavy atom. The summed E-state index contributed by atoms with van der Waals surface area (Å²) >= 11 is 0. The van der Waals surface area contributed by atoms with E-state index in [0.717, 1.165) is 12.8 Å². The molecule has 3 unspecified atom stereocenters. The predicted octanol–water partition coefficient (Wildman–Crippen LogP) is 0.382. The van der Waals surface area contributed by atoms with Crippen LogP contribution in [0.2, 0.25) is 0 Å². The van der Waals surface area contributed by atoms with Crippen LogP contribution in [0, 0.1) is 11.8 Å². The number of aliphatic hydroxyl groups excluding tert-OH is 1. The number of aliphatic carboxylic acids is 1. The molecule has 1 saturated carbocycles. The van der Waals surface area contributed by atoms with Crippen LogP contribution in [0.4, 0.5) is 4.79 Å². The molecule has 1 aliphatic carbocycles. The third-order valence-corrected chi connectivity index (χ3v) is 4.04. The molecular weight excluding hydrogens is 248 g/mol. The zero-order chi connectivity index (χ0) is 14.0. The molecule has 19 heavy (non-hydrogen) atoms. The second kappa shape index (κ2) is 5.61. The van der Waals surface area contributed by atoms with Crippen LogP contribution >= 0.6 is 0 Å². The highest BCUT2D eigenvalue weighted by atomic mass is 16.4. The molecular formula is C13H20N2O4. The highest BCUT2D eigenvalue weighted by Crippen LogP contribution is 2.38. The van der Waals surface area contributed by atoms with Gasteiger partial charge in [-0.1, -0.05) is 6.08 Å². The van der Waals surface area contributed by atoms with Crippen LogP contribution in [-0.4, -0.2) is 64.3 Å². The minimum Gasteiger partial charge on any atom is -0.480 e. The molecule has 0 aromatic carbocycles. The molecule has 6 heteroatoms. The average molecular weight is 268 g/mol. The molecule has 2 fully saturated rings. The second-order valence-electron chi connectivity index (χ2n) is 5.32. The summed E-state index contributed by atoms with van der Waals surface area (Å²) in [5, 5.41) is 18.6. The number of hydrogen-bond donors (Lipinski definition) is 2. The van der Waals surface area contributed by atoms with Crippen LogP contribution in [0.25, 0.3) is 0 Å². The summed E-state index contributed by atoms with van der Waals surface area (Å²) < 4.78 is 0. The number of carbonyl (C=O) groups is 2. The number of fused-ring (bicyclic) bond motifs is 1. The molecule has 2 aliphatic rings.